The van der Waals surface area contributed by atoms with Gasteiger partial charge in [0.15, 0.2) is 0 Å². The van der Waals surface area contributed by atoms with Crippen molar-refractivity contribution in [3.8, 4) is 0 Å². The molecule has 0 bridgehead atoms. The fourth-order valence-corrected chi connectivity index (χ4v) is 6.77. The van der Waals surface area contributed by atoms with E-state index in [2.05, 4.69) is 39.9 Å². The lowest BCUT2D eigenvalue weighted by Crippen LogP contribution is -2.35. The second-order valence-electron chi connectivity index (χ2n) is 11.3. The minimum Gasteiger partial charge on any atom is -0.380 e. The van der Waals surface area contributed by atoms with Crippen LogP contribution in [0.25, 0.3) is 16.6 Å². The van der Waals surface area contributed by atoms with Gasteiger partial charge in [-0.2, -0.15) is 0 Å². The molecule has 1 aliphatic carbocycles. The maximum atomic E-state index is 11.8. The number of piperidine rings is 1. The molecule has 0 amide bonds. The minimum absolute atomic E-state index is 0.227. The zero-order valence-electron chi connectivity index (χ0n) is 24.9. The third kappa shape index (κ3) is 5.41. The second kappa shape index (κ2) is 12.8. The van der Waals surface area contributed by atoms with Gasteiger partial charge in [0.05, 0.1) is 30.1 Å². The largest absolute Gasteiger partial charge is 0.380 e. The molecule has 0 radical (unpaired) electrons. The number of hydrogen-bond donors (Lipinski definition) is 1. The van der Waals surface area contributed by atoms with Crippen molar-refractivity contribution in [3.05, 3.63) is 69.6 Å². The van der Waals surface area contributed by atoms with Crippen molar-refractivity contribution in [1.82, 2.24) is 20.1 Å². The third-order valence-electron chi connectivity index (χ3n) is 8.92. The standard InChI is InChI=1S/C32H40N4O2.C2H6/c1-21(19-37)25-16-31-32-28(18-36(31)22(2)29(25)20-38-3)27(17-33-10-13-35-11-5-4-6-12-35)26-14-23-8-7-9-24(23)15-30(26)34-32;1-2/h14-16,19,21,33H,2,4-13,17-18,20H2,1,3H3;1-2H3. The van der Waals surface area contributed by atoms with Crippen LogP contribution in [0.3, 0.4) is 0 Å². The first kappa shape index (κ1) is 28.7. The van der Waals surface area contributed by atoms with Gasteiger partial charge in [-0.1, -0.05) is 33.8 Å². The van der Waals surface area contributed by atoms with E-state index in [1.807, 2.05) is 20.8 Å². The van der Waals surface area contributed by atoms with Crippen LogP contribution in [0.4, 0.5) is 0 Å². The number of carbonyl (C=O) groups is 1. The molecular weight excluding hydrogens is 496 g/mol. The number of aromatic nitrogens is 1. The molecule has 1 atom stereocenters. The number of benzene rings is 1. The topological polar surface area (TPSA) is 57.7 Å². The number of allylic oxidation sites excluding steroid dienone is 2. The number of pyridine rings is 1. The van der Waals surface area contributed by atoms with Crippen LogP contribution >= 0.6 is 0 Å². The lowest BCUT2D eigenvalue weighted by molar-refractivity contribution is -0.109. The first-order chi connectivity index (χ1) is 19.6. The highest BCUT2D eigenvalue weighted by atomic mass is 16.5. The molecule has 1 fully saturated rings. The number of hydrogen-bond acceptors (Lipinski definition) is 6. The molecular formula is C34H46N4O2. The monoisotopic (exact) mass is 542 g/mol. The number of aryl methyl sites for hydroxylation is 2. The number of methoxy groups -OCH3 is 1. The molecule has 0 spiro atoms. The SMILES string of the molecule is C=C1C(COC)=C(C(C)C=O)C=C2c3nc4cc5c(cc4c(CNCCN4CCCCC4)c3CN12)CCC5.CC. The summed E-state index contributed by atoms with van der Waals surface area (Å²) in [4.78, 5) is 22.0. The fraction of sp³-hybridized carbons (Fsp3) is 0.529. The maximum Gasteiger partial charge on any atom is 0.127 e. The van der Waals surface area contributed by atoms with Gasteiger partial charge >= 0.3 is 0 Å². The molecule has 3 aliphatic heterocycles. The van der Waals surface area contributed by atoms with Gasteiger partial charge in [0.2, 0.25) is 0 Å². The van der Waals surface area contributed by atoms with Crippen LogP contribution in [-0.4, -0.2) is 61.0 Å². The Morgan fingerprint density at radius 3 is 2.60 bits per heavy atom. The van der Waals surface area contributed by atoms with Crippen LogP contribution in [0.5, 0.6) is 0 Å². The molecule has 6 rings (SSSR count). The normalized spacial score (nSPS) is 19.1. The lowest BCUT2D eigenvalue weighted by Gasteiger charge is -2.31. The molecule has 6 nitrogen and oxygen atoms in total. The van der Waals surface area contributed by atoms with E-state index in [9.17, 15) is 4.79 Å². The Morgan fingerprint density at radius 2 is 1.88 bits per heavy atom. The Morgan fingerprint density at radius 1 is 1.12 bits per heavy atom. The smallest absolute Gasteiger partial charge is 0.127 e. The average molecular weight is 543 g/mol. The van der Waals surface area contributed by atoms with Crippen LogP contribution in [-0.2, 0) is 35.5 Å². The first-order valence-corrected chi connectivity index (χ1v) is 15.4. The lowest BCUT2D eigenvalue weighted by atomic mass is 9.91. The summed E-state index contributed by atoms with van der Waals surface area (Å²) in [7, 11) is 1.70. The van der Waals surface area contributed by atoms with E-state index < -0.39 is 0 Å². The summed E-state index contributed by atoms with van der Waals surface area (Å²) in [6.07, 6.45) is 10.7. The van der Waals surface area contributed by atoms with Crippen molar-refractivity contribution in [2.24, 2.45) is 5.92 Å². The summed E-state index contributed by atoms with van der Waals surface area (Å²) in [6, 6.07) is 4.75. The van der Waals surface area contributed by atoms with Crippen LogP contribution < -0.4 is 5.32 Å². The Balaban J connectivity index is 0.00000158. The van der Waals surface area contributed by atoms with E-state index in [1.165, 1.54) is 66.4 Å². The highest BCUT2D eigenvalue weighted by molar-refractivity contribution is 5.90. The van der Waals surface area contributed by atoms with E-state index in [4.69, 9.17) is 9.72 Å². The van der Waals surface area contributed by atoms with Crippen molar-refractivity contribution in [1.29, 1.82) is 0 Å². The van der Waals surface area contributed by atoms with Crippen LogP contribution in [0, 0.1) is 5.92 Å². The number of ether oxygens (including phenoxy) is 1. The van der Waals surface area contributed by atoms with Gasteiger partial charge in [0.25, 0.3) is 0 Å². The molecule has 2 aromatic rings. The van der Waals surface area contributed by atoms with Gasteiger partial charge in [-0.25, -0.2) is 4.98 Å². The van der Waals surface area contributed by atoms with Crippen LogP contribution in [0.15, 0.2) is 41.6 Å². The first-order valence-electron chi connectivity index (χ1n) is 15.4. The van der Waals surface area contributed by atoms with Crippen LogP contribution in [0.2, 0.25) is 0 Å². The third-order valence-corrected chi connectivity index (χ3v) is 8.92. The van der Waals surface area contributed by atoms with Gasteiger partial charge in [0, 0.05) is 54.9 Å². The van der Waals surface area contributed by atoms with E-state index in [0.29, 0.717) is 6.61 Å². The molecule has 1 unspecified atom stereocenters. The summed E-state index contributed by atoms with van der Waals surface area (Å²) < 4.78 is 5.53. The zero-order chi connectivity index (χ0) is 28.2. The fourth-order valence-electron chi connectivity index (χ4n) is 6.77. The van der Waals surface area contributed by atoms with Crippen molar-refractivity contribution in [2.45, 2.75) is 72.4 Å². The average Bonchev–Trinajstić information content (AvgIpc) is 3.60. The van der Waals surface area contributed by atoms with Crippen molar-refractivity contribution in [3.63, 3.8) is 0 Å². The van der Waals surface area contributed by atoms with E-state index in [1.54, 1.807) is 7.11 Å². The summed E-state index contributed by atoms with van der Waals surface area (Å²) in [5.74, 6) is -0.227. The molecule has 214 valence electrons. The highest BCUT2D eigenvalue weighted by Gasteiger charge is 2.36. The molecule has 4 aliphatic rings. The van der Waals surface area contributed by atoms with Gasteiger partial charge in [-0.05, 0) is 85.7 Å². The van der Waals surface area contributed by atoms with E-state index in [0.717, 1.165) is 79.1 Å². The van der Waals surface area contributed by atoms with Gasteiger partial charge < -0.3 is 24.6 Å². The Hall–Kier alpha value is -2.80. The number of fused-ring (bicyclic) bond motifs is 5. The predicted molar refractivity (Wildman–Crippen MR) is 164 cm³/mol. The molecule has 0 saturated carbocycles. The van der Waals surface area contributed by atoms with Crippen LogP contribution in [0.1, 0.15) is 74.4 Å². The van der Waals surface area contributed by atoms with Crippen molar-refractivity contribution < 1.29 is 9.53 Å². The molecule has 1 saturated heterocycles. The van der Waals surface area contributed by atoms with Gasteiger partial charge in [-0.15, -0.1) is 0 Å². The Bertz CT molecular complexity index is 1340. The summed E-state index contributed by atoms with van der Waals surface area (Å²) in [6.45, 7) is 17.0. The number of rotatable bonds is 9. The van der Waals surface area contributed by atoms with Crippen molar-refractivity contribution in [2.75, 3.05) is 39.9 Å². The molecule has 1 aromatic heterocycles. The molecule has 1 N–H and O–H groups in total. The maximum absolute atomic E-state index is 11.8. The summed E-state index contributed by atoms with van der Waals surface area (Å²) >= 11 is 0. The number of aldehydes is 1. The Labute approximate surface area is 240 Å². The number of likely N-dealkylation sites (tertiary alicyclic amines) is 1. The van der Waals surface area contributed by atoms with Crippen molar-refractivity contribution >= 4 is 22.9 Å². The summed E-state index contributed by atoms with van der Waals surface area (Å²) in [5.41, 5.74) is 11.7. The molecule has 40 heavy (non-hydrogen) atoms. The number of nitrogens with one attached hydrogen (secondary N) is 1. The van der Waals surface area contributed by atoms with Gasteiger partial charge in [-0.3, -0.25) is 0 Å². The molecule has 1 aromatic carbocycles. The molecule has 6 heteroatoms. The zero-order valence-corrected chi connectivity index (χ0v) is 24.9. The Kier molecular flexibility index (Phi) is 9.19. The van der Waals surface area contributed by atoms with Gasteiger partial charge in [0.1, 0.15) is 6.29 Å². The summed E-state index contributed by atoms with van der Waals surface area (Å²) in [5, 5.41) is 5.07. The molecule has 4 heterocycles. The highest BCUT2D eigenvalue weighted by Crippen LogP contribution is 2.45. The number of carbonyl (C=O) groups excluding carboxylic acids is 1. The number of nitrogens with zero attached hydrogens (tertiary/aromatic N) is 3. The minimum atomic E-state index is -0.227. The second-order valence-corrected chi connectivity index (χ2v) is 11.3. The predicted octanol–water partition coefficient (Wildman–Crippen LogP) is 5.79. The van der Waals surface area contributed by atoms with E-state index >= 15 is 0 Å². The quantitative estimate of drug-likeness (QED) is 0.320. The van der Waals surface area contributed by atoms with E-state index in [-0.39, 0.29) is 5.92 Å².